The zero-order chi connectivity index (χ0) is 19.1. The molecule has 0 saturated carbocycles. The third-order valence-corrected chi connectivity index (χ3v) is 5.23. The van der Waals surface area contributed by atoms with Crippen LogP contribution < -0.4 is 5.32 Å². The van der Waals surface area contributed by atoms with Crippen molar-refractivity contribution in [1.29, 1.82) is 0 Å². The Labute approximate surface area is 157 Å². The fourth-order valence-electron chi connectivity index (χ4n) is 3.45. The summed E-state index contributed by atoms with van der Waals surface area (Å²) in [7, 11) is 0. The highest BCUT2D eigenvalue weighted by Crippen LogP contribution is 2.23. The van der Waals surface area contributed by atoms with E-state index in [0.717, 1.165) is 23.3 Å². The third-order valence-electron chi connectivity index (χ3n) is 5.23. The molecule has 6 heteroatoms. The zero-order valence-corrected chi connectivity index (χ0v) is 15.7. The van der Waals surface area contributed by atoms with Gasteiger partial charge < -0.3 is 14.8 Å². The third kappa shape index (κ3) is 2.97. The average molecular weight is 362 g/mol. The highest BCUT2D eigenvalue weighted by molar-refractivity contribution is 6.06. The predicted octanol–water partition coefficient (Wildman–Crippen LogP) is 3.38. The van der Waals surface area contributed by atoms with Crippen LogP contribution in [0, 0.1) is 13.8 Å². The van der Waals surface area contributed by atoms with E-state index >= 15 is 0 Å². The Hall–Kier alpha value is -3.15. The van der Waals surface area contributed by atoms with Gasteiger partial charge in [-0.2, -0.15) is 0 Å². The van der Waals surface area contributed by atoms with Crippen LogP contribution in [-0.2, 0) is 6.54 Å². The van der Waals surface area contributed by atoms with Gasteiger partial charge in [-0.1, -0.05) is 6.07 Å². The first-order valence-electron chi connectivity index (χ1n) is 9.16. The number of anilines is 1. The molecule has 0 bridgehead atoms. The summed E-state index contributed by atoms with van der Waals surface area (Å²) in [5, 5.41) is 2.93. The minimum absolute atomic E-state index is 0.0546. The molecule has 138 valence electrons. The van der Waals surface area contributed by atoms with Crippen molar-refractivity contribution in [3.63, 3.8) is 0 Å². The van der Waals surface area contributed by atoms with Gasteiger partial charge in [0.15, 0.2) is 5.82 Å². The van der Waals surface area contributed by atoms with Gasteiger partial charge >= 0.3 is 0 Å². The largest absolute Gasteiger partial charge is 0.334 e. The maximum Gasteiger partial charge on any atom is 0.289 e. The molecule has 1 aliphatic heterocycles. The quantitative estimate of drug-likeness (QED) is 0.777. The smallest absolute Gasteiger partial charge is 0.289 e. The second-order valence-electron chi connectivity index (χ2n) is 6.93. The second kappa shape index (κ2) is 6.54. The number of carbonyl (C=O) groups is 2. The molecule has 4 rings (SSSR count). The molecule has 27 heavy (non-hydrogen) atoms. The van der Waals surface area contributed by atoms with Crippen LogP contribution in [0.5, 0.6) is 0 Å². The van der Waals surface area contributed by atoms with E-state index in [9.17, 15) is 9.59 Å². The van der Waals surface area contributed by atoms with E-state index in [1.807, 2.05) is 49.6 Å². The van der Waals surface area contributed by atoms with E-state index < -0.39 is 0 Å². The lowest BCUT2D eigenvalue weighted by Gasteiger charge is -2.26. The highest BCUT2D eigenvalue weighted by atomic mass is 16.2. The van der Waals surface area contributed by atoms with Gasteiger partial charge in [0, 0.05) is 30.9 Å². The number of imidazole rings is 1. The molecule has 1 aliphatic rings. The standard InChI is InChI=1S/C21H22N4O2/c1-4-24-9-10-25-18-8-6-15(12-17(18)23-19(25)21(24)27)20(26)22-16-7-5-13(2)14(3)11-16/h5-8,11-12H,4,9-10H2,1-3H3,(H,22,26). The number of aryl methyl sites for hydroxylation is 2. The summed E-state index contributed by atoms with van der Waals surface area (Å²) in [4.78, 5) is 31.4. The van der Waals surface area contributed by atoms with Gasteiger partial charge in [-0.05, 0) is 62.2 Å². The van der Waals surface area contributed by atoms with Gasteiger partial charge in [0.05, 0.1) is 11.0 Å². The van der Waals surface area contributed by atoms with Crippen molar-refractivity contribution in [2.45, 2.75) is 27.3 Å². The van der Waals surface area contributed by atoms with Crippen LogP contribution in [-0.4, -0.2) is 39.4 Å². The molecule has 0 radical (unpaired) electrons. The first kappa shape index (κ1) is 17.3. The first-order valence-corrected chi connectivity index (χ1v) is 9.16. The topological polar surface area (TPSA) is 67.2 Å². The molecule has 0 saturated heterocycles. The van der Waals surface area contributed by atoms with Crippen LogP contribution in [0.3, 0.4) is 0 Å². The Morgan fingerprint density at radius 2 is 1.93 bits per heavy atom. The summed E-state index contributed by atoms with van der Waals surface area (Å²) < 4.78 is 1.94. The fraction of sp³-hybridized carbons (Fsp3) is 0.286. The Kier molecular flexibility index (Phi) is 4.18. The van der Waals surface area contributed by atoms with Gasteiger partial charge in [-0.3, -0.25) is 9.59 Å². The Morgan fingerprint density at radius 3 is 2.67 bits per heavy atom. The van der Waals surface area contributed by atoms with Crippen molar-refractivity contribution < 1.29 is 9.59 Å². The number of fused-ring (bicyclic) bond motifs is 3. The molecule has 1 N–H and O–H groups in total. The number of nitrogens with one attached hydrogen (secondary N) is 1. The summed E-state index contributed by atoms with van der Waals surface area (Å²) in [6, 6.07) is 11.2. The van der Waals surface area contributed by atoms with E-state index in [1.165, 1.54) is 5.56 Å². The van der Waals surface area contributed by atoms with Crippen molar-refractivity contribution in [3.05, 3.63) is 58.9 Å². The fourth-order valence-corrected chi connectivity index (χ4v) is 3.45. The average Bonchev–Trinajstić information content (AvgIpc) is 3.04. The summed E-state index contributed by atoms with van der Waals surface area (Å²) in [5.41, 5.74) is 5.16. The van der Waals surface area contributed by atoms with E-state index in [1.54, 1.807) is 17.0 Å². The van der Waals surface area contributed by atoms with Crippen molar-refractivity contribution >= 4 is 28.5 Å². The molecular formula is C21H22N4O2. The number of aromatic nitrogens is 2. The monoisotopic (exact) mass is 362 g/mol. The summed E-state index contributed by atoms with van der Waals surface area (Å²) in [5.74, 6) is 0.207. The molecule has 0 spiro atoms. The van der Waals surface area contributed by atoms with Crippen molar-refractivity contribution in [3.8, 4) is 0 Å². The molecule has 2 amide bonds. The molecule has 2 aromatic carbocycles. The number of rotatable bonds is 3. The zero-order valence-electron chi connectivity index (χ0n) is 15.7. The van der Waals surface area contributed by atoms with E-state index in [-0.39, 0.29) is 11.8 Å². The summed E-state index contributed by atoms with van der Waals surface area (Å²) >= 11 is 0. The predicted molar refractivity (Wildman–Crippen MR) is 105 cm³/mol. The SMILES string of the molecule is CCN1CCn2c(nc3cc(C(=O)Nc4ccc(C)c(C)c4)ccc32)C1=O. The van der Waals surface area contributed by atoms with Crippen molar-refractivity contribution in [1.82, 2.24) is 14.5 Å². The van der Waals surface area contributed by atoms with Crippen LogP contribution in [0.4, 0.5) is 5.69 Å². The molecule has 6 nitrogen and oxygen atoms in total. The Bertz CT molecular complexity index is 1070. The van der Waals surface area contributed by atoms with Crippen LogP contribution in [0.15, 0.2) is 36.4 Å². The van der Waals surface area contributed by atoms with Crippen molar-refractivity contribution in [2.24, 2.45) is 0 Å². The maximum absolute atomic E-state index is 12.6. The first-order chi connectivity index (χ1) is 13.0. The molecule has 0 fully saturated rings. The minimum Gasteiger partial charge on any atom is -0.334 e. The van der Waals surface area contributed by atoms with E-state index in [4.69, 9.17) is 0 Å². The number of carbonyl (C=O) groups excluding carboxylic acids is 2. The lowest BCUT2D eigenvalue weighted by atomic mass is 10.1. The van der Waals surface area contributed by atoms with Gasteiger partial charge in [0.1, 0.15) is 0 Å². The van der Waals surface area contributed by atoms with E-state index in [0.29, 0.717) is 30.0 Å². The van der Waals surface area contributed by atoms with Crippen molar-refractivity contribution in [2.75, 3.05) is 18.4 Å². The molecule has 1 aromatic heterocycles. The van der Waals surface area contributed by atoms with Crippen LogP contribution in [0.25, 0.3) is 11.0 Å². The van der Waals surface area contributed by atoms with Crippen LogP contribution >= 0.6 is 0 Å². The molecule has 2 heterocycles. The Morgan fingerprint density at radius 1 is 1.11 bits per heavy atom. The van der Waals surface area contributed by atoms with E-state index in [2.05, 4.69) is 10.3 Å². The number of hydrogen-bond donors (Lipinski definition) is 1. The molecule has 3 aromatic rings. The van der Waals surface area contributed by atoms with Crippen LogP contribution in [0.2, 0.25) is 0 Å². The normalized spacial score (nSPS) is 13.7. The minimum atomic E-state index is -0.187. The lowest BCUT2D eigenvalue weighted by Crippen LogP contribution is -2.40. The number of nitrogens with zero attached hydrogens (tertiary/aromatic N) is 3. The Balaban J connectivity index is 1.64. The maximum atomic E-state index is 12.6. The number of hydrogen-bond acceptors (Lipinski definition) is 3. The van der Waals surface area contributed by atoms with Gasteiger partial charge in [-0.15, -0.1) is 0 Å². The number of benzene rings is 2. The molecule has 0 atom stereocenters. The second-order valence-corrected chi connectivity index (χ2v) is 6.93. The number of likely N-dealkylation sites (N-methyl/N-ethyl adjacent to an activating group) is 1. The number of amides is 2. The summed E-state index contributed by atoms with van der Waals surface area (Å²) in [6.07, 6.45) is 0. The summed E-state index contributed by atoms with van der Waals surface area (Å²) in [6.45, 7) is 8.10. The highest BCUT2D eigenvalue weighted by Gasteiger charge is 2.27. The van der Waals surface area contributed by atoms with Gasteiger partial charge in [0.2, 0.25) is 0 Å². The van der Waals surface area contributed by atoms with Gasteiger partial charge in [-0.25, -0.2) is 4.98 Å². The molecular weight excluding hydrogens is 340 g/mol. The van der Waals surface area contributed by atoms with Crippen LogP contribution in [0.1, 0.15) is 39.0 Å². The van der Waals surface area contributed by atoms with Gasteiger partial charge in [0.25, 0.3) is 11.8 Å². The molecule has 0 unspecified atom stereocenters. The lowest BCUT2D eigenvalue weighted by molar-refractivity contribution is 0.0709. The molecule has 0 aliphatic carbocycles.